The van der Waals surface area contributed by atoms with E-state index in [0.717, 1.165) is 0 Å². The summed E-state index contributed by atoms with van der Waals surface area (Å²) in [6, 6.07) is 2.92. The summed E-state index contributed by atoms with van der Waals surface area (Å²) in [4.78, 5) is 9.97. The van der Waals surface area contributed by atoms with E-state index in [2.05, 4.69) is 4.42 Å². The molecule has 1 rings (SSSR count). The molecule has 1 N–H and O–H groups in total. The maximum absolute atomic E-state index is 9.97. The van der Waals surface area contributed by atoms with Crippen LogP contribution in [0.2, 0.25) is 0 Å². The average Bonchev–Trinajstić information content (AvgIpc) is 2.12. The van der Waals surface area contributed by atoms with E-state index in [1.807, 2.05) is 0 Å². The third-order valence-corrected chi connectivity index (χ3v) is 0.732. The SMILES string of the molecule is O=C(O)c1ccco1.[Na]. The first-order valence-electron chi connectivity index (χ1n) is 2.07. The van der Waals surface area contributed by atoms with Crippen LogP contribution >= 0.6 is 0 Å². The van der Waals surface area contributed by atoms with Crippen LogP contribution < -0.4 is 0 Å². The standard InChI is InChI=1S/C5H4O3.Na/c6-5(7)4-2-1-3-8-4;/h1-3H,(H,6,7);. The summed E-state index contributed by atoms with van der Waals surface area (Å²) >= 11 is 0. The molecule has 0 unspecified atom stereocenters. The molecule has 0 aliphatic carbocycles. The molecule has 0 saturated heterocycles. The molecule has 3 nitrogen and oxygen atoms in total. The fourth-order valence-electron chi connectivity index (χ4n) is 0.400. The number of carboxylic acids is 1. The van der Waals surface area contributed by atoms with Crippen molar-refractivity contribution in [3.05, 3.63) is 24.2 Å². The van der Waals surface area contributed by atoms with Gasteiger partial charge in [0, 0.05) is 29.6 Å². The van der Waals surface area contributed by atoms with E-state index in [4.69, 9.17) is 5.11 Å². The van der Waals surface area contributed by atoms with Gasteiger partial charge in [-0.2, -0.15) is 0 Å². The summed E-state index contributed by atoms with van der Waals surface area (Å²) in [5, 5.41) is 8.18. The summed E-state index contributed by atoms with van der Waals surface area (Å²) in [7, 11) is 0. The molecule has 1 aromatic rings. The van der Waals surface area contributed by atoms with E-state index >= 15 is 0 Å². The molecule has 0 atom stereocenters. The Kier molecular flexibility index (Phi) is 3.61. The number of hydrogen-bond donors (Lipinski definition) is 1. The van der Waals surface area contributed by atoms with Gasteiger partial charge in [-0.1, -0.05) is 0 Å². The largest absolute Gasteiger partial charge is 0.475 e. The number of furan rings is 1. The fraction of sp³-hybridized carbons (Fsp3) is 0. The Morgan fingerprint density at radius 1 is 1.67 bits per heavy atom. The van der Waals surface area contributed by atoms with Crippen LogP contribution in [0.5, 0.6) is 0 Å². The van der Waals surface area contributed by atoms with Crippen molar-refractivity contribution in [1.29, 1.82) is 0 Å². The van der Waals surface area contributed by atoms with Crippen LogP contribution in [-0.2, 0) is 0 Å². The van der Waals surface area contributed by atoms with Crippen molar-refractivity contribution < 1.29 is 14.3 Å². The molecule has 0 aliphatic heterocycles. The molecule has 4 heteroatoms. The number of rotatable bonds is 1. The van der Waals surface area contributed by atoms with E-state index in [9.17, 15) is 4.79 Å². The molecule has 0 saturated carbocycles. The summed E-state index contributed by atoms with van der Waals surface area (Å²) in [5.41, 5.74) is 0. The molecule has 0 bridgehead atoms. The Morgan fingerprint density at radius 2 is 2.33 bits per heavy atom. The Labute approximate surface area is 74.0 Å². The Bertz CT molecular complexity index is 180. The normalized spacial score (nSPS) is 8.00. The second kappa shape index (κ2) is 3.71. The van der Waals surface area contributed by atoms with Gasteiger partial charge in [0.2, 0.25) is 5.76 Å². The molecular weight excluding hydrogens is 131 g/mol. The van der Waals surface area contributed by atoms with Crippen molar-refractivity contribution in [2.75, 3.05) is 0 Å². The van der Waals surface area contributed by atoms with Crippen molar-refractivity contribution >= 4 is 35.5 Å². The fourth-order valence-corrected chi connectivity index (χ4v) is 0.400. The molecular formula is C5H4NaO3. The van der Waals surface area contributed by atoms with Gasteiger partial charge in [0.15, 0.2) is 0 Å². The molecule has 1 aromatic heterocycles. The van der Waals surface area contributed by atoms with Gasteiger partial charge in [0.05, 0.1) is 6.26 Å². The molecule has 43 valence electrons. The first-order valence-corrected chi connectivity index (χ1v) is 2.07. The number of hydrogen-bond acceptors (Lipinski definition) is 2. The van der Waals surface area contributed by atoms with Crippen molar-refractivity contribution in [2.45, 2.75) is 0 Å². The van der Waals surface area contributed by atoms with Crippen LogP contribution in [0.15, 0.2) is 22.8 Å². The van der Waals surface area contributed by atoms with Gasteiger partial charge in [-0.15, -0.1) is 0 Å². The molecule has 0 aliphatic rings. The number of aromatic carboxylic acids is 1. The molecule has 1 radical (unpaired) electrons. The second-order valence-corrected chi connectivity index (χ2v) is 1.28. The van der Waals surface area contributed by atoms with E-state index < -0.39 is 5.97 Å². The predicted molar refractivity (Wildman–Crippen MR) is 31.4 cm³/mol. The van der Waals surface area contributed by atoms with Crippen LogP contribution in [0.25, 0.3) is 0 Å². The van der Waals surface area contributed by atoms with Gasteiger partial charge in [-0.05, 0) is 12.1 Å². The van der Waals surface area contributed by atoms with Crippen molar-refractivity contribution in [2.24, 2.45) is 0 Å². The van der Waals surface area contributed by atoms with Gasteiger partial charge in [0.1, 0.15) is 0 Å². The summed E-state index contributed by atoms with van der Waals surface area (Å²) in [6.07, 6.45) is 1.32. The number of carbonyl (C=O) groups is 1. The van der Waals surface area contributed by atoms with E-state index in [1.165, 1.54) is 18.4 Å². The van der Waals surface area contributed by atoms with E-state index in [1.54, 1.807) is 0 Å². The molecule has 9 heavy (non-hydrogen) atoms. The molecule has 0 aromatic carbocycles. The average molecular weight is 135 g/mol. The minimum atomic E-state index is -1.03. The third-order valence-electron chi connectivity index (χ3n) is 0.732. The Balaban J connectivity index is 0.000000640. The minimum absolute atomic E-state index is 0. The van der Waals surface area contributed by atoms with Gasteiger partial charge in [0.25, 0.3) is 0 Å². The second-order valence-electron chi connectivity index (χ2n) is 1.28. The van der Waals surface area contributed by atoms with Gasteiger partial charge in [-0.3, -0.25) is 0 Å². The van der Waals surface area contributed by atoms with E-state index in [-0.39, 0.29) is 35.3 Å². The van der Waals surface area contributed by atoms with E-state index in [0.29, 0.717) is 0 Å². The van der Waals surface area contributed by atoms with Crippen LogP contribution in [0.4, 0.5) is 0 Å². The van der Waals surface area contributed by atoms with Crippen LogP contribution in [0.1, 0.15) is 10.6 Å². The third kappa shape index (κ3) is 2.22. The molecule has 0 amide bonds. The monoisotopic (exact) mass is 135 g/mol. The van der Waals surface area contributed by atoms with Gasteiger partial charge in [-0.25, -0.2) is 4.79 Å². The van der Waals surface area contributed by atoms with Crippen molar-refractivity contribution in [3.8, 4) is 0 Å². The zero-order valence-electron chi connectivity index (χ0n) is 5.00. The van der Waals surface area contributed by atoms with Crippen LogP contribution in [0.3, 0.4) is 0 Å². The van der Waals surface area contributed by atoms with Crippen molar-refractivity contribution in [1.82, 2.24) is 0 Å². The maximum Gasteiger partial charge on any atom is 0.371 e. The zero-order valence-corrected chi connectivity index (χ0v) is 7.00. The van der Waals surface area contributed by atoms with Gasteiger partial charge < -0.3 is 9.52 Å². The van der Waals surface area contributed by atoms with Crippen molar-refractivity contribution in [3.63, 3.8) is 0 Å². The molecule has 0 spiro atoms. The minimum Gasteiger partial charge on any atom is -0.475 e. The summed E-state index contributed by atoms with van der Waals surface area (Å²) in [5.74, 6) is -1.06. The quantitative estimate of drug-likeness (QED) is 0.573. The Hall–Kier alpha value is -0.250. The topological polar surface area (TPSA) is 50.4 Å². The smallest absolute Gasteiger partial charge is 0.371 e. The maximum atomic E-state index is 9.97. The molecule has 0 fully saturated rings. The first-order chi connectivity index (χ1) is 3.80. The zero-order chi connectivity index (χ0) is 5.98. The Morgan fingerprint density at radius 3 is 2.56 bits per heavy atom. The summed E-state index contributed by atoms with van der Waals surface area (Å²) < 4.78 is 4.50. The predicted octanol–water partition coefficient (Wildman–Crippen LogP) is 0.597. The number of carboxylic acid groups (broad SMARTS) is 1. The van der Waals surface area contributed by atoms with Crippen LogP contribution in [0, 0.1) is 0 Å². The summed E-state index contributed by atoms with van der Waals surface area (Å²) in [6.45, 7) is 0. The van der Waals surface area contributed by atoms with Gasteiger partial charge >= 0.3 is 5.97 Å². The first kappa shape index (κ1) is 8.75. The molecule has 1 heterocycles. The van der Waals surface area contributed by atoms with Crippen LogP contribution in [-0.4, -0.2) is 40.6 Å².